The molecule has 2 aromatic carbocycles. The number of methoxy groups -OCH3 is 1. The predicted octanol–water partition coefficient (Wildman–Crippen LogP) is 5.08. The molecular weight excluding hydrogens is 448 g/mol. The van der Waals surface area contributed by atoms with E-state index in [2.05, 4.69) is 26.2 Å². The first-order chi connectivity index (χ1) is 14.6. The lowest BCUT2D eigenvalue weighted by Gasteiger charge is -2.07. The fourth-order valence-electron chi connectivity index (χ4n) is 3.24. The highest BCUT2D eigenvalue weighted by Gasteiger charge is 2.15. The summed E-state index contributed by atoms with van der Waals surface area (Å²) in [6.07, 6.45) is 4.18. The second kappa shape index (κ2) is 9.09. The second-order valence-corrected chi connectivity index (χ2v) is 7.65. The van der Waals surface area contributed by atoms with Crippen LogP contribution < -0.4 is 14.8 Å². The van der Waals surface area contributed by atoms with Crippen molar-refractivity contribution in [3.05, 3.63) is 82.4 Å². The SMILES string of the molecule is COc1ccc2c(CCNC(=O)c3ccoc3COc3ccc(Br)cc3)c[nH]c2c1. The normalized spacial score (nSPS) is 10.9. The fourth-order valence-corrected chi connectivity index (χ4v) is 3.50. The molecule has 0 unspecified atom stereocenters. The molecule has 154 valence electrons. The Morgan fingerprint density at radius 3 is 2.73 bits per heavy atom. The summed E-state index contributed by atoms with van der Waals surface area (Å²) in [5, 5.41) is 4.08. The highest BCUT2D eigenvalue weighted by molar-refractivity contribution is 9.10. The van der Waals surface area contributed by atoms with Crippen LogP contribution in [-0.4, -0.2) is 24.5 Å². The van der Waals surface area contributed by atoms with E-state index in [1.165, 1.54) is 6.26 Å². The molecule has 2 aromatic heterocycles. The molecule has 0 saturated carbocycles. The van der Waals surface area contributed by atoms with Crippen molar-refractivity contribution in [1.29, 1.82) is 0 Å². The van der Waals surface area contributed by atoms with Crippen molar-refractivity contribution in [1.82, 2.24) is 10.3 Å². The van der Waals surface area contributed by atoms with Gasteiger partial charge < -0.3 is 24.2 Å². The molecule has 0 aliphatic rings. The minimum absolute atomic E-state index is 0.181. The maximum Gasteiger partial charge on any atom is 0.254 e. The van der Waals surface area contributed by atoms with Gasteiger partial charge in [0.2, 0.25) is 0 Å². The average molecular weight is 469 g/mol. The first-order valence-corrected chi connectivity index (χ1v) is 10.3. The number of carbonyl (C=O) groups excluding carboxylic acids is 1. The zero-order valence-electron chi connectivity index (χ0n) is 16.4. The van der Waals surface area contributed by atoms with E-state index in [1.54, 1.807) is 13.2 Å². The van der Waals surface area contributed by atoms with Crippen molar-refractivity contribution in [2.24, 2.45) is 0 Å². The van der Waals surface area contributed by atoms with Crippen LogP contribution in [0, 0.1) is 0 Å². The summed E-state index contributed by atoms with van der Waals surface area (Å²) in [5.74, 6) is 1.83. The predicted molar refractivity (Wildman–Crippen MR) is 118 cm³/mol. The molecular formula is C23H21BrN2O4. The third kappa shape index (κ3) is 4.52. The number of halogens is 1. The molecule has 2 N–H and O–H groups in total. The maximum absolute atomic E-state index is 12.6. The molecule has 0 atom stereocenters. The standard InChI is InChI=1S/C23H21BrN2O4/c1-28-18-6-7-19-15(13-26-21(19)12-18)8-10-25-23(27)20-9-11-29-22(20)14-30-17-4-2-16(24)3-5-17/h2-7,9,11-13,26H,8,10,14H2,1H3,(H,25,27). The van der Waals surface area contributed by atoms with Crippen molar-refractivity contribution in [2.75, 3.05) is 13.7 Å². The number of fused-ring (bicyclic) bond motifs is 1. The molecule has 30 heavy (non-hydrogen) atoms. The van der Waals surface area contributed by atoms with E-state index in [0.29, 0.717) is 30.0 Å². The number of hydrogen-bond donors (Lipinski definition) is 2. The molecule has 0 fully saturated rings. The molecule has 0 radical (unpaired) electrons. The van der Waals surface area contributed by atoms with Crippen LogP contribution in [0.3, 0.4) is 0 Å². The number of aromatic nitrogens is 1. The summed E-state index contributed by atoms with van der Waals surface area (Å²) in [7, 11) is 1.65. The zero-order valence-corrected chi connectivity index (χ0v) is 18.0. The van der Waals surface area contributed by atoms with Crippen molar-refractivity contribution >= 4 is 32.7 Å². The number of ether oxygens (including phenoxy) is 2. The lowest BCUT2D eigenvalue weighted by Crippen LogP contribution is -2.26. The summed E-state index contributed by atoms with van der Waals surface area (Å²) >= 11 is 3.39. The van der Waals surface area contributed by atoms with Gasteiger partial charge in [0.05, 0.1) is 18.9 Å². The Bertz CT molecular complexity index is 1150. The Kier molecular flexibility index (Phi) is 6.09. The highest BCUT2D eigenvalue weighted by atomic mass is 79.9. The summed E-state index contributed by atoms with van der Waals surface area (Å²) in [4.78, 5) is 15.8. The van der Waals surface area contributed by atoms with E-state index < -0.39 is 0 Å². The smallest absolute Gasteiger partial charge is 0.254 e. The molecule has 7 heteroatoms. The molecule has 6 nitrogen and oxygen atoms in total. The van der Waals surface area contributed by atoms with E-state index in [1.807, 2.05) is 48.7 Å². The molecule has 0 spiro atoms. The van der Waals surface area contributed by atoms with Crippen LogP contribution >= 0.6 is 15.9 Å². The van der Waals surface area contributed by atoms with Crippen LogP contribution in [0.1, 0.15) is 21.7 Å². The number of aromatic amines is 1. The Hall–Kier alpha value is -3.19. The molecule has 4 rings (SSSR count). The quantitative estimate of drug-likeness (QED) is 0.377. The number of hydrogen-bond acceptors (Lipinski definition) is 4. The van der Waals surface area contributed by atoms with Crippen LogP contribution in [0.2, 0.25) is 0 Å². The molecule has 1 amide bonds. The lowest BCUT2D eigenvalue weighted by molar-refractivity contribution is 0.0949. The highest BCUT2D eigenvalue weighted by Crippen LogP contribution is 2.23. The number of rotatable bonds is 8. The third-order valence-electron chi connectivity index (χ3n) is 4.83. The summed E-state index contributed by atoms with van der Waals surface area (Å²) in [5.41, 5.74) is 2.63. The van der Waals surface area contributed by atoms with E-state index in [-0.39, 0.29) is 12.5 Å². The van der Waals surface area contributed by atoms with Crippen molar-refractivity contribution in [3.63, 3.8) is 0 Å². The van der Waals surface area contributed by atoms with Crippen LogP contribution in [0.15, 0.2) is 69.9 Å². The number of furan rings is 1. The van der Waals surface area contributed by atoms with Gasteiger partial charge in [0.15, 0.2) is 5.76 Å². The van der Waals surface area contributed by atoms with Gasteiger partial charge in [0, 0.05) is 34.2 Å². The molecule has 0 aliphatic heterocycles. The van der Waals surface area contributed by atoms with Crippen molar-refractivity contribution in [3.8, 4) is 11.5 Å². The molecule has 2 heterocycles. The van der Waals surface area contributed by atoms with Crippen LogP contribution in [0.25, 0.3) is 10.9 Å². The zero-order chi connectivity index (χ0) is 20.9. The van der Waals surface area contributed by atoms with E-state index in [0.717, 1.165) is 26.7 Å². The Labute approximate surface area is 182 Å². The summed E-state index contributed by atoms with van der Waals surface area (Å²) in [6.45, 7) is 0.692. The Balaban J connectivity index is 1.34. The van der Waals surface area contributed by atoms with Gasteiger partial charge in [-0.05, 0) is 54.4 Å². The van der Waals surface area contributed by atoms with E-state index in [9.17, 15) is 4.79 Å². The average Bonchev–Trinajstić information content (AvgIpc) is 3.40. The fraction of sp³-hybridized carbons (Fsp3) is 0.174. The number of amides is 1. The van der Waals surface area contributed by atoms with Gasteiger partial charge in [-0.25, -0.2) is 0 Å². The van der Waals surface area contributed by atoms with E-state index in [4.69, 9.17) is 13.9 Å². The molecule has 0 aliphatic carbocycles. The number of benzene rings is 2. The van der Waals surface area contributed by atoms with Crippen LogP contribution in [-0.2, 0) is 13.0 Å². The topological polar surface area (TPSA) is 76.5 Å². The monoisotopic (exact) mass is 468 g/mol. The first-order valence-electron chi connectivity index (χ1n) is 9.51. The summed E-state index contributed by atoms with van der Waals surface area (Å²) in [6, 6.07) is 15.1. The van der Waals surface area contributed by atoms with Crippen LogP contribution in [0.5, 0.6) is 11.5 Å². The molecule has 4 aromatic rings. The second-order valence-electron chi connectivity index (χ2n) is 6.73. The molecule has 0 saturated heterocycles. The minimum atomic E-state index is -0.181. The Morgan fingerprint density at radius 2 is 1.93 bits per heavy atom. The minimum Gasteiger partial charge on any atom is -0.497 e. The van der Waals surface area contributed by atoms with Crippen LogP contribution in [0.4, 0.5) is 0 Å². The maximum atomic E-state index is 12.6. The number of carbonyl (C=O) groups is 1. The van der Waals surface area contributed by atoms with Crippen molar-refractivity contribution in [2.45, 2.75) is 13.0 Å². The van der Waals surface area contributed by atoms with Gasteiger partial charge in [0.1, 0.15) is 18.1 Å². The Morgan fingerprint density at radius 1 is 1.13 bits per heavy atom. The first kappa shape index (κ1) is 20.1. The number of nitrogens with one attached hydrogen (secondary N) is 2. The van der Waals surface area contributed by atoms with Gasteiger partial charge in [-0.3, -0.25) is 4.79 Å². The lowest BCUT2D eigenvalue weighted by atomic mass is 10.1. The third-order valence-corrected chi connectivity index (χ3v) is 5.36. The summed E-state index contributed by atoms with van der Waals surface area (Å²) < 4.78 is 17.4. The van der Waals surface area contributed by atoms with E-state index >= 15 is 0 Å². The van der Waals surface area contributed by atoms with Crippen molar-refractivity contribution < 1.29 is 18.7 Å². The van der Waals surface area contributed by atoms with Gasteiger partial charge in [-0.2, -0.15) is 0 Å². The van der Waals surface area contributed by atoms with Gasteiger partial charge >= 0.3 is 0 Å². The van der Waals surface area contributed by atoms with Gasteiger partial charge in [-0.15, -0.1) is 0 Å². The van der Waals surface area contributed by atoms with Gasteiger partial charge in [0.25, 0.3) is 5.91 Å². The largest absolute Gasteiger partial charge is 0.497 e. The number of H-pyrrole nitrogens is 1. The van der Waals surface area contributed by atoms with Gasteiger partial charge in [-0.1, -0.05) is 15.9 Å². The molecule has 0 bridgehead atoms.